The maximum Gasteiger partial charge on any atom is 0.278 e. The number of hydrogen-bond donors (Lipinski definition) is 0. The zero-order valence-electron chi connectivity index (χ0n) is 61.1. The van der Waals surface area contributed by atoms with E-state index >= 15 is 0 Å². The van der Waals surface area contributed by atoms with Crippen LogP contribution in [0, 0.1) is 64.6 Å². The van der Waals surface area contributed by atoms with Crippen LogP contribution in [0.15, 0.2) is 24.3 Å². The molecule has 3 aliphatic carbocycles. The third kappa shape index (κ3) is 38.6. The quantitative estimate of drug-likeness (QED) is 0.0608. The summed E-state index contributed by atoms with van der Waals surface area (Å²) < 4.78 is 46.8. The van der Waals surface area contributed by atoms with E-state index < -0.39 is 34.7 Å². The summed E-state index contributed by atoms with van der Waals surface area (Å²) >= 11 is 0. The Morgan fingerprint density at radius 1 is 0.610 bits per heavy atom. The molecule has 4 rings (SSSR count). The molecular weight excluding hydrogens is 1170 g/mol. The molecule has 494 valence electrons. The predicted octanol–water partition coefficient (Wildman–Crippen LogP) is 18.5. The Morgan fingerprint density at radius 3 is 1.46 bits per heavy atom. The molecule has 14 heteroatoms. The van der Waals surface area contributed by atoms with Crippen molar-refractivity contribution in [1.29, 1.82) is 0 Å². The Bertz CT molecular complexity index is 1550. The smallest absolute Gasteiger partial charge is 0.251 e. The van der Waals surface area contributed by atoms with E-state index in [1.54, 1.807) is 60.5 Å². The highest BCUT2D eigenvalue weighted by molar-refractivity contribution is 6.91. The highest BCUT2D eigenvalue weighted by atomic mass is 28.4. The van der Waals surface area contributed by atoms with Gasteiger partial charge in [0.1, 0.15) is 0 Å². The number of alkyl halides is 4. The summed E-state index contributed by atoms with van der Waals surface area (Å²) in [6.07, 6.45) is 15.0. The van der Waals surface area contributed by atoms with Crippen LogP contribution in [0.1, 0.15) is 193 Å². The molecular formula is C68H154F4Si10. The van der Waals surface area contributed by atoms with Gasteiger partial charge in [-0.1, -0.05) is 273 Å². The van der Waals surface area contributed by atoms with Crippen LogP contribution >= 0.6 is 0 Å². The van der Waals surface area contributed by atoms with E-state index in [1.165, 1.54) is 63.5 Å². The zero-order chi connectivity index (χ0) is 64.3. The number of benzene rings is 1. The first-order valence-corrected chi connectivity index (χ1v) is 61.3. The lowest BCUT2D eigenvalue weighted by molar-refractivity contribution is -0.0708. The minimum absolute atomic E-state index is 0.0390. The van der Waals surface area contributed by atoms with Gasteiger partial charge >= 0.3 is 0 Å². The number of hydrogen-bond acceptors (Lipinski definition) is 0. The third-order valence-corrected chi connectivity index (χ3v) is 54.6. The van der Waals surface area contributed by atoms with Gasteiger partial charge in [0.05, 0.1) is 16.2 Å². The van der Waals surface area contributed by atoms with Crippen molar-refractivity contribution in [3.05, 3.63) is 29.8 Å². The summed E-state index contributed by atoms with van der Waals surface area (Å²) in [6, 6.07) is 14.8. The van der Waals surface area contributed by atoms with Gasteiger partial charge in [0.2, 0.25) is 0 Å². The molecule has 0 radical (unpaired) electrons. The second-order valence-corrected chi connectivity index (χ2v) is 55.5. The van der Waals surface area contributed by atoms with E-state index in [0.717, 1.165) is 76.3 Å². The minimum atomic E-state index is -3.12. The first kappa shape index (κ1) is 89.5. The molecule has 0 aliphatic heterocycles. The van der Waals surface area contributed by atoms with Crippen LogP contribution < -0.4 is 5.19 Å². The monoisotopic (exact) mass is 1330 g/mol. The average Bonchev–Trinajstić information content (AvgIpc) is 4.07. The highest BCUT2D eigenvalue weighted by Gasteiger charge is 2.48. The number of fused-ring (bicyclic) bond motifs is 2. The highest BCUT2D eigenvalue weighted by Crippen LogP contribution is 2.56. The van der Waals surface area contributed by atoms with Gasteiger partial charge in [-0.15, -0.1) is 0 Å². The number of halogens is 4. The molecule has 0 aromatic heterocycles. The van der Waals surface area contributed by atoms with E-state index in [-0.39, 0.29) is 35.2 Å². The van der Waals surface area contributed by atoms with Gasteiger partial charge in [0, 0.05) is 88.7 Å². The predicted molar refractivity (Wildman–Crippen MR) is 410 cm³/mol. The van der Waals surface area contributed by atoms with Crippen molar-refractivity contribution in [2.45, 2.75) is 318 Å². The van der Waals surface area contributed by atoms with Crippen LogP contribution in [-0.4, -0.2) is 112 Å². The molecule has 0 nitrogen and oxygen atoms in total. The molecule has 0 amide bonds. The Kier molecular flexibility index (Phi) is 56.6. The fourth-order valence-corrected chi connectivity index (χ4v) is 43.3. The first-order chi connectivity index (χ1) is 38.4. The maximum absolute atomic E-state index is 12.2. The van der Waals surface area contributed by atoms with Crippen LogP contribution in [-0.2, 0) is 0 Å². The molecule has 13 atom stereocenters. The van der Waals surface area contributed by atoms with Crippen molar-refractivity contribution < 1.29 is 17.6 Å². The fourth-order valence-electron chi connectivity index (χ4n) is 13.1. The largest absolute Gasteiger partial charge is 0.278 e. The molecule has 2 bridgehead atoms. The first-order valence-electron chi connectivity index (χ1n) is 36.0. The zero-order valence-corrected chi connectivity index (χ0v) is 74.4. The molecule has 3 fully saturated rings. The van der Waals surface area contributed by atoms with Crippen LogP contribution in [0.4, 0.5) is 17.6 Å². The van der Waals surface area contributed by atoms with Gasteiger partial charge in [-0.25, -0.2) is 13.2 Å². The van der Waals surface area contributed by atoms with Gasteiger partial charge < -0.3 is 0 Å². The lowest BCUT2D eigenvalue weighted by Gasteiger charge is -2.42. The van der Waals surface area contributed by atoms with Crippen molar-refractivity contribution in [2.75, 3.05) is 13.3 Å². The fraction of sp³-hybridized carbons (Fsp3) is 0.912. The van der Waals surface area contributed by atoms with Crippen molar-refractivity contribution in [3.63, 3.8) is 0 Å². The van der Waals surface area contributed by atoms with Crippen molar-refractivity contribution in [2.24, 2.45) is 64.6 Å². The second-order valence-electron chi connectivity index (χ2n) is 29.2. The Hall–Kier alpha value is 1.11. The lowest BCUT2D eigenvalue weighted by Crippen LogP contribution is -2.37. The summed E-state index contributed by atoms with van der Waals surface area (Å²) in [5, 5.41) is 1.57. The van der Waals surface area contributed by atoms with Crippen molar-refractivity contribution in [3.8, 4) is 0 Å². The average molecular weight is 1330 g/mol. The number of rotatable bonds is 27. The lowest BCUT2D eigenvalue weighted by atomic mass is 9.64. The molecule has 82 heavy (non-hydrogen) atoms. The van der Waals surface area contributed by atoms with Gasteiger partial charge in [0.15, 0.2) is 6.67 Å². The Labute approximate surface area is 536 Å². The Morgan fingerprint density at radius 2 is 1.13 bits per heavy atom. The van der Waals surface area contributed by atoms with E-state index in [0.29, 0.717) is 59.4 Å². The summed E-state index contributed by atoms with van der Waals surface area (Å²) in [5.41, 5.74) is 9.30. The molecule has 0 N–H and O–H groups in total. The molecule has 13 unspecified atom stereocenters. The van der Waals surface area contributed by atoms with Crippen LogP contribution in [0.3, 0.4) is 0 Å². The summed E-state index contributed by atoms with van der Waals surface area (Å²) in [5.74, 6) is 6.24. The molecule has 0 saturated heterocycles. The van der Waals surface area contributed by atoms with E-state index in [9.17, 15) is 17.6 Å². The minimum Gasteiger partial charge on any atom is -0.251 e. The Balaban J connectivity index is -0.000000431. The summed E-state index contributed by atoms with van der Waals surface area (Å²) in [4.78, 5) is 0. The molecule has 0 heterocycles. The SMILES string of the molecule is CCC(C)C(F)(F)CF.CCC(C)C[SiH2]C.CCC(C)[Si](C)(C)C[SiH2]C.CCC(C)[Si](C)(C[SiH2]C)C[SiH2]C.CCC(C)c1ccc([SiH2]C)cc1.C[SiH2]CC(C)C1CCC(C)(C)C(C)C1.C[SiH2]CCC1CC2CC1C(C)C2C.C[SiH2]CCF. The van der Waals surface area contributed by atoms with Gasteiger partial charge in [-0.2, -0.15) is 0 Å². The molecule has 1 aromatic carbocycles. The van der Waals surface area contributed by atoms with E-state index in [1.807, 2.05) is 0 Å². The second kappa shape index (κ2) is 51.8. The molecule has 0 spiro atoms. The van der Waals surface area contributed by atoms with E-state index in [2.05, 4.69) is 193 Å². The third-order valence-electron chi connectivity index (χ3n) is 22.0. The van der Waals surface area contributed by atoms with Crippen LogP contribution in [0.5, 0.6) is 0 Å². The summed E-state index contributed by atoms with van der Waals surface area (Å²) in [6.45, 7) is 61.9. The normalized spacial score (nSPS) is 24.6. The van der Waals surface area contributed by atoms with Crippen LogP contribution in [0.25, 0.3) is 0 Å². The maximum atomic E-state index is 12.2. The molecule has 3 aliphatic rings. The molecule has 3 saturated carbocycles. The standard InChI is InChI=1S/C13H28Si.C12H24Si.C11H18Si.C9H26Si3.C8H22Si2.C6H11F3.C6H16Si.C3H9FSi/c1-10(9-14-5)12-6-7-13(3,4)11(2)8-12;1-8-9(2)12-7-11(8)6-10(12)4-5-13-3;1-4-9(2)10-5-7-11(12-3)8-6-10;1-6-9(2)12(5,7-10-3)8-11-4;1-6-8(2)10(4,5)7-9-3;1-3-5(2)6(8,9)4-7;1-4-6(2)5-7-3;1-5-3-2-4/h10-12H,6-9,14H2,1-5H3;8-12H,4-7,13H2,1-3H3;5-9H,4,12H2,1-3H3;9H,6-8,10-11H2,1-5H3;8H,6-7,9H2,1-5H3;5H,3-4H2,1-2H3;6H,4-5,7H2,1-3H3;2-3,5H2,1H3. The molecule has 1 aromatic rings. The topological polar surface area (TPSA) is 0 Å². The van der Waals surface area contributed by atoms with Crippen molar-refractivity contribution >= 4 is 97.5 Å². The van der Waals surface area contributed by atoms with Crippen molar-refractivity contribution in [1.82, 2.24) is 0 Å². The van der Waals surface area contributed by atoms with Gasteiger partial charge in [0.25, 0.3) is 5.92 Å². The van der Waals surface area contributed by atoms with E-state index in [4.69, 9.17) is 0 Å². The van der Waals surface area contributed by atoms with Gasteiger partial charge in [-0.3, -0.25) is 4.39 Å². The van der Waals surface area contributed by atoms with Crippen LogP contribution in [0.2, 0.25) is 124 Å². The summed E-state index contributed by atoms with van der Waals surface area (Å²) in [7, 11) is 0.538. The van der Waals surface area contributed by atoms with Gasteiger partial charge in [-0.05, 0) is 132 Å².